The SMILES string of the molecule is CNC(=O)[C@H](Cc1ccccc1)N(Cc1cccc(C)c1)C(=O)CN(c1cc(C)cc(C)c1)S(=O)(=O)c1ccccc1. The van der Waals surface area contributed by atoms with Gasteiger partial charge in [-0.2, -0.15) is 0 Å². The highest BCUT2D eigenvalue weighted by Gasteiger charge is 2.34. The Morgan fingerprint density at radius 1 is 0.738 bits per heavy atom. The lowest BCUT2D eigenvalue weighted by Gasteiger charge is -2.33. The van der Waals surface area contributed by atoms with Gasteiger partial charge in [-0.25, -0.2) is 8.42 Å². The summed E-state index contributed by atoms with van der Waals surface area (Å²) in [6, 6.07) is 29.9. The lowest BCUT2D eigenvalue weighted by Crippen LogP contribution is -2.53. The van der Waals surface area contributed by atoms with E-state index in [2.05, 4.69) is 5.32 Å². The fraction of sp³-hybridized carbons (Fsp3) is 0.235. The summed E-state index contributed by atoms with van der Waals surface area (Å²) >= 11 is 0. The Bertz CT molecular complexity index is 1620. The predicted molar refractivity (Wildman–Crippen MR) is 167 cm³/mol. The molecule has 0 fully saturated rings. The molecule has 7 nitrogen and oxygen atoms in total. The first-order valence-electron chi connectivity index (χ1n) is 13.8. The van der Waals surface area contributed by atoms with Crippen molar-refractivity contribution in [2.75, 3.05) is 17.9 Å². The number of likely N-dealkylation sites (N-methyl/N-ethyl adjacent to an activating group) is 1. The number of nitrogens with zero attached hydrogens (tertiary/aromatic N) is 2. The van der Waals surface area contributed by atoms with E-state index < -0.39 is 28.5 Å². The molecule has 0 aliphatic rings. The van der Waals surface area contributed by atoms with E-state index in [1.165, 1.54) is 24.1 Å². The second-order valence-electron chi connectivity index (χ2n) is 10.5. The molecular formula is C34H37N3O4S. The lowest BCUT2D eigenvalue weighted by atomic mass is 10.0. The van der Waals surface area contributed by atoms with Gasteiger partial charge < -0.3 is 10.2 Å². The summed E-state index contributed by atoms with van der Waals surface area (Å²) in [6.45, 7) is 5.39. The molecule has 0 aliphatic heterocycles. The third-order valence-corrected chi connectivity index (χ3v) is 8.85. The van der Waals surface area contributed by atoms with E-state index in [-0.39, 0.29) is 23.8 Å². The summed E-state index contributed by atoms with van der Waals surface area (Å²) in [7, 11) is -2.58. The molecule has 0 radical (unpaired) electrons. The molecular weight excluding hydrogens is 546 g/mol. The maximum absolute atomic E-state index is 14.4. The van der Waals surface area contributed by atoms with Crippen molar-refractivity contribution in [3.05, 3.63) is 131 Å². The first-order chi connectivity index (χ1) is 20.1. The molecule has 0 spiro atoms. The van der Waals surface area contributed by atoms with Gasteiger partial charge in [-0.3, -0.25) is 13.9 Å². The van der Waals surface area contributed by atoms with Crippen LogP contribution in [0, 0.1) is 20.8 Å². The number of hydrogen-bond acceptors (Lipinski definition) is 4. The second kappa shape index (κ2) is 13.5. The van der Waals surface area contributed by atoms with Gasteiger partial charge >= 0.3 is 0 Å². The van der Waals surface area contributed by atoms with E-state index >= 15 is 0 Å². The van der Waals surface area contributed by atoms with Crippen LogP contribution in [0.3, 0.4) is 0 Å². The summed E-state index contributed by atoms with van der Waals surface area (Å²) in [5, 5.41) is 2.71. The van der Waals surface area contributed by atoms with E-state index in [1.807, 2.05) is 81.4 Å². The number of benzene rings is 4. The van der Waals surface area contributed by atoms with Crippen LogP contribution >= 0.6 is 0 Å². The number of amides is 2. The van der Waals surface area contributed by atoms with Crippen LogP contribution in [0.4, 0.5) is 5.69 Å². The van der Waals surface area contributed by atoms with Crippen molar-refractivity contribution in [2.24, 2.45) is 0 Å². The van der Waals surface area contributed by atoms with Gasteiger partial charge in [-0.05, 0) is 67.3 Å². The predicted octanol–water partition coefficient (Wildman–Crippen LogP) is 5.19. The summed E-state index contributed by atoms with van der Waals surface area (Å²) in [6.07, 6.45) is 0.271. The fourth-order valence-electron chi connectivity index (χ4n) is 5.07. The molecule has 0 saturated heterocycles. The van der Waals surface area contributed by atoms with Crippen LogP contribution in [0.5, 0.6) is 0 Å². The zero-order chi connectivity index (χ0) is 30.3. The molecule has 0 bridgehead atoms. The van der Waals surface area contributed by atoms with Crippen LogP contribution in [0.2, 0.25) is 0 Å². The molecule has 4 aromatic carbocycles. The van der Waals surface area contributed by atoms with E-state index in [0.29, 0.717) is 5.69 Å². The van der Waals surface area contributed by atoms with Crippen molar-refractivity contribution in [1.29, 1.82) is 0 Å². The van der Waals surface area contributed by atoms with Gasteiger partial charge in [-0.15, -0.1) is 0 Å². The summed E-state index contributed by atoms with van der Waals surface area (Å²) < 4.78 is 29.2. The Hall–Kier alpha value is -4.43. The summed E-state index contributed by atoms with van der Waals surface area (Å²) in [5.74, 6) is -0.816. The number of sulfonamides is 1. The lowest BCUT2D eigenvalue weighted by molar-refractivity contribution is -0.139. The average molecular weight is 584 g/mol. The molecule has 8 heteroatoms. The van der Waals surface area contributed by atoms with Crippen LogP contribution in [0.1, 0.15) is 27.8 Å². The van der Waals surface area contributed by atoms with Crippen molar-refractivity contribution < 1.29 is 18.0 Å². The number of carbonyl (C=O) groups is 2. The number of nitrogens with one attached hydrogen (secondary N) is 1. The summed E-state index contributed by atoms with van der Waals surface area (Å²) in [5.41, 5.74) is 4.87. The number of anilines is 1. The quantitative estimate of drug-likeness (QED) is 0.263. The highest BCUT2D eigenvalue weighted by molar-refractivity contribution is 7.92. The molecule has 1 atom stereocenters. The topological polar surface area (TPSA) is 86.8 Å². The van der Waals surface area contributed by atoms with Crippen LogP contribution in [-0.4, -0.2) is 44.8 Å². The van der Waals surface area contributed by atoms with Gasteiger partial charge in [0.25, 0.3) is 10.0 Å². The van der Waals surface area contributed by atoms with Crippen LogP contribution in [0.15, 0.2) is 108 Å². The fourth-order valence-corrected chi connectivity index (χ4v) is 6.49. The molecule has 0 heterocycles. The van der Waals surface area contributed by atoms with Gasteiger partial charge in [0.15, 0.2) is 0 Å². The highest BCUT2D eigenvalue weighted by atomic mass is 32.2. The summed E-state index contributed by atoms with van der Waals surface area (Å²) in [4.78, 5) is 29.3. The van der Waals surface area contributed by atoms with E-state index in [0.717, 1.165) is 32.1 Å². The Morgan fingerprint density at radius 2 is 1.33 bits per heavy atom. The average Bonchev–Trinajstić information content (AvgIpc) is 2.97. The van der Waals surface area contributed by atoms with Gasteiger partial charge in [0.2, 0.25) is 11.8 Å². The minimum absolute atomic E-state index is 0.0781. The Labute approximate surface area is 248 Å². The third-order valence-electron chi connectivity index (χ3n) is 7.06. The number of hydrogen-bond donors (Lipinski definition) is 1. The number of carbonyl (C=O) groups excluding carboxylic acids is 2. The number of rotatable bonds is 11. The molecule has 2 amide bonds. The molecule has 4 rings (SSSR count). The molecule has 1 N–H and O–H groups in total. The minimum atomic E-state index is -4.12. The Morgan fingerprint density at radius 3 is 1.93 bits per heavy atom. The zero-order valence-electron chi connectivity index (χ0n) is 24.4. The van der Waals surface area contributed by atoms with E-state index in [9.17, 15) is 18.0 Å². The van der Waals surface area contributed by atoms with Gasteiger partial charge in [0, 0.05) is 20.0 Å². The zero-order valence-corrected chi connectivity index (χ0v) is 25.3. The first kappa shape index (κ1) is 30.5. The minimum Gasteiger partial charge on any atom is -0.357 e. The van der Waals surface area contributed by atoms with E-state index in [1.54, 1.807) is 30.3 Å². The second-order valence-corrected chi connectivity index (χ2v) is 12.4. The first-order valence-corrected chi connectivity index (χ1v) is 15.3. The van der Waals surface area contributed by atoms with Crippen LogP contribution in [-0.2, 0) is 32.6 Å². The van der Waals surface area contributed by atoms with Crippen LogP contribution < -0.4 is 9.62 Å². The molecule has 4 aromatic rings. The maximum Gasteiger partial charge on any atom is 0.264 e. The molecule has 0 unspecified atom stereocenters. The molecule has 0 saturated carbocycles. The van der Waals surface area contributed by atoms with Crippen molar-refractivity contribution in [2.45, 2.75) is 44.7 Å². The van der Waals surface area contributed by atoms with Crippen molar-refractivity contribution in [3.63, 3.8) is 0 Å². The van der Waals surface area contributed by atoms with Crippen molar-refractivity contribution in [1.82, 2.24) is 10.2 Å². The van der Waals surface area contributed by atoms with Gasteiger partial charge in [0.05, 0.1) is 10.6 Å². The van der Waals surface area contributed by atoms with Crippen molar-refractivity contribution >= 4 is 27.5 Å². The Kier molecular flexibility index (Phi) is 9.80. The molecule has 42 heavy (non-hydrogen) atoms. The standard InChI is InChI=1S/C34H37N3O4S/c1-25-12-11-15-29(19-25)23-36(32(34(39)35-4)22-28-13-7-5-8-14-28)33(38)24-37(30-20-26(2)18-27(3)21-30)42(40,41)31-16-9-6-10-17-31/h5-21,32H,22-24H2,1-4H3,(H,35,39)/t32-/m0/s1. The maximum atomic E-state index is 14.4. The third kappa shape index (κ3) is 7.44. The van der Waals surface area contributed by atoms with Crippen molar-refractivity contribution in [3.8, 4) is 0 Å². The smallest absolute Gasteiger partial charge is 0.264 e. The van der Waals surface area contributed by atoms with E-state index in [4.69, 9.17) is 0 Å². The molecule has 0 aromatic heterocycles. The van der Waals surface area contributed by atoms with Gasteiger partial charge in [-0.1, -0.05) is 84.4 Å². The molecule has 0 aliphatic carbocycles. The largest absolute Gasteiger partial charge is 0.357 e. The number of aryl methyl sites for hydroxylation is 3. The Balaban J connectivity index is 1.81. The normalized spacial score (nSPS) is 11.9. The van der Waals surface area contributed by atoms with Crippen LogP contribution in [0.25, 0.3) is 0 Å². The van der Waals surface area contributed by atoms with Gasteiger partial charge in [0.1, 0.15) is 12.6 Å². The highest BCUT2D eigenvalue weighted by Crippen LogP contribution is 2.27. The molecule has 218 valence electrons. The monoisotopic (exact) mass is 583 g/mol.